The molecular weight excluding hydrogens is 268 g/mol. The fourth-order valence-corrected chi connectivity index (χ4v) is 1.52. The highest BCUT2D eigenvalue weighted by Crippen LogP contribution is 2.21. The summed E-state index contributed by atoms with van der Waals surface area (Å²) in [6.45, 7) is 0. The monoisotopic (exact) mass is 280 g/mol. The Morgan fingerprint density at radius 3 is 2.76 bits per heavy atom. The normalized spacial score (nSPS) is 10.5. The second-order valence-corrected chi connectivity index (χ2v) is 4.03. The van der Waals surface area contributed by atoms with Crippen LogP contribution in [0.5, 0.6) is 5.75 Å². The summed E-state index contributed by atoms with van der Waals surface area (Å²) in [5.74, 6) is -0.682. The molecule has 6 nitrogen and oxygen atoms in total. The van der Waals surface area contributed by atoms with Gasteiger partial charge in [-0.25, -0.2) is 0 Å². The van der Waals surface area contributed by atoms with Crippen molar-refractivity contribution in [1.82, 2.24) is 4.98 Å². The number of nitrogens with zero attached hydrogens (tertiary/aromatic N) is 2. The van der Waals surface area contributed by atoms with Crippen LogP contribution in [0.25, 0.3) is 0 Å². The zero-order valence-corrected chi connectivity index (χ0v) is 10.9. The first-order valence-corrected chi connectivity index (χ1v) is 6.07. The zero-order valence-electron chi connectivity index (χ0n) is 10.9. The molecule has 1 aromatic heterocycles. The van der Waals surface area contributed by atoms with E-state index in [0.29, 0.717) is 5.69 Å². The first kappa shape index (κ1) is 14.1. The number of carbonyl (C=O) groups is 1. The number of amides is 1. The Kier molecular flexibility index (Phi) is 4.51. The molecule has 0 aliphatic carbocycles. The fraction of sp³-hybridized carbons (Fsp3) is 0. The Hall–Kier alpha value is -3.33. The number of carbonyl (C=O) groups excluding carboxylic acids is 1. The second kappa shape index (κ2) is 6.73. The zero-order chi connectivity index (χ0) is 15.1. The summed E-state index contributed by atoms with van der Waals surface area (Å²) in [5.41, 5.74) is 0.771. The summed E-state index contributed by atoms with van der Waals surface area (Å²) in [5, 5.41) is 23.9. The number of phenols is 1. The minimum Gasteiger partial charge on any atom is -0.506 e. The first-order chi connectivity index (χ1) is 10.2. The lowest BCUT2D eigenvalue weighted by Gasteiger charge is -2.06. The highest BCUT2D eigenvalue weighted by molar-refractivity contribution is 6.07. The highest BCUT2D eigenvalue weighted by Gasteiger charge is 2.11. The van der Waals surface area contributed by atoms with Crippen molar-refractivity contribution < 1.29 is 9.90 Å². The minimum absolute atomic E-state index is 0.0663. The molecule has 0 spiro atoms. The van der Waals surface area contributed by atoms with Gasteiger partial charge >= 0.3 is 0 Å². The number of para-hydroxylation sites is 2. The van der Waals surface area contributed by atoms with Crippen molar-refractivity contribution in [3.05, 3.63) is 60.6 Å². The van der Waals surface area contributed by atoms with E-state index in [4.69, 9.17) is 5.26 Å². The van der Waals surface area contributed by atoms with Crippen molar-refractivity contribution >= 4 is 17.3 Å². The maximum absolute atomic E-state index is 11.9. The third-order valence-corrected chi connectivity index (χ3v) is 2.56. The lowest BCUT2D eigenvalue weighted by molar-refractivity contribution is -0.112. The van der Waals surface area contributed by atoms with Gasteiger partial charge in [0.15, 0.2) is 0 Å². The summed E-state index contributed by atoms with van der Waals surface area (Å²) in [6, 6.07) is 11.6. The van der Waals surface area contributed by atoms with E-state index in [1.807, 2.05) is 0 Å². The van der Waals surface area contributed by atoms with Crippen molar-refractivity contribution in [2.75, 3.05) is 10.6 Å². The summed E-state index contributed by atoms with van der Waals surface area (Å²) < 4.78 is 0. The number of rotatable bonds is 4. The molecule has 104 valence electrons. The van der Waals surface area contributed by atoms with Gasteiger partial charge in [0.2, 0.25) is 0 Å². The second-order valence-electron chi connectivity index (χ2n) is 4.03. The SMILES string of the molecule is N#C/C(=C/Nc1cccnc1)C(=O)Nc1ccccc1O. The van der Waals surface area contributed by atoms with E-state index in [1.54, 1.807) is 42.7 Å². The van der Waals surface area contributed by atoms with E-state index in [9.17, 15) is 9.90 Å². The molecule has 2 aromatic rings. The predicted octanol–water partition coefficient (Wildman–Crippen LogP) is 2.25. The maximum Gasteiger partial charge on any atom is 0.267 e. The van der Waals surface area contributed by atoms with E-state index in [-0.39, 0.29) is 17.0 Å². The van der Waals surface area contributed by atoms with E-state index < -0.39 is 5.91 Å². The van der Waals surface area contributed by atoms with Gasteiger partial charge < -0.3 is 15.7 Å². The summed E-state index contributed by atoms with van der Waals surface area (Å²) >= 11 is 0. The van der Waals surface area contributed by atoms with E-state index in [1.165, 1.54) is 18.3 Å². The highest BCUT2D eigenvalue weighted by atomic mass is 16.3. The van der Waals surface area contributed by atoms with Crippen molar-refractivity contribution in [3.63, 3.8) is 0 Å². The topological polar surface area (TPSA) is 98.0 Å². The van der Waals surface area contributed by atoms with Gasteiger partial charge in [-0.1, -0.05) is 12.1 Å². The van der Waals surface area contributed by atoms with Crippen molar-refractivity contribution in [2.24, 2.45) is 0 Å². The van der Waals surface area contributed by atoms with Gasteiger partial charge in [0.25, 0.3) is 5.91 Å². The molecule has 0 aliphatic rings. The van der Waals surface area contributed by atoms with Crippen LogP contribution in [0.15, 0.2) is 60.6 Å². The van der Waals surface area contributed by atoms with Crippen LogP contribution < -0.4 is 10.6 Å². The molecule has 0 saturated carbocycles. The number of hydrogen-bond donors (Lipinski definition) is 3. The van der Waals surface area contributed by atoms with E-state index in [2.05, 4.69) is 15.6 Å². The molecule has 0 atom stereocenters. The summed E-state index contributed by atoms with van der Waals surface area (Å²) in [7, 11) is 0. The van der Waals surface area contributed by atoms with Crippen LogP contribution in [0.1, 0.15) is 0 Å². The first-order valence-electron chi connectivity index (χ1n) is 6.07. The van der Waals surface area contributed by atoms with Gasteiger partial charge in [-0.3, -0.25) is 9.78 Å². The maximum atomic E-state index is 11.9. The summed E-state index contributed by atoms with van der Waals surface area (Å²) in [4.78, 5) is 15.9. The number of nitriles is 1. The van der Waals surface area contributed by atoms with E-state index in [0.717, 1.165) is 0 Å². The number of aromatic nitrogens is 1. The standard InChI is InChI=1S/C15H12N4O2/c16-8-11(9-18-12-4-3-7-17-10-12)15(21)19-13-5-1-2-6-14(13)20/h1-7,9-10,18,20H,(H,19,21)/b11-9-. The molecular formula is C15H12N4O2. The smallest absolute Gasteiger partial charge is 0.267 e. The molecule has 1 amide bonds. The lowest BCUT2D eigenvalue weighted by Crippen LogP contribution is -2.14. The van der Waals surface area contributed by atoms with Crippen molar-refractivity contribution in [3.8, 4) is 11.8 Å². The molecule has 0 fully saturated rings. The summed E-state index contributed by atoms with van der Waals surface area (Å²) in [6.07, 6.45) is 4.46. The third kappa shape index (κ3) is 3.81. The molecule has 1 aromatic carbocycles. The van der Waals surface area contributed by atoms with Crippen LogP contribution in [-0.4, -0.2) is 16.0 Å². The third-order valence-electron chi connectivity index (χ3n) is 2.56. The quantitative estimate of drug-likeness (QED) is 0.453. The average Bonchev–Trinajstić information content (AvgIpc) is 2.51. The van der Waals surface area contributed by atoms with Gasteiger partial charge in [-0.05, 0) is 24.3 Å². The van der Waals surface area contributed by atoms with Crippen molar-refractivity contribution in [1.29, 1.82) is 5.26 Å². The molecule has 21 heavy (non-hydrogen) atoms. The lowest BCUT2D eigenvalue weighted by atomic mass is 10.2. The largest absolute Gasteiger partial charge is 0.506 e. The Bertz CT molecular complexity index is 705. The van der Waals surface area contributed by atoms with Gasteiger partial charge in [0.05, 0.1) is 17.6 Å². The molecule has 3 N–H and O–H groups in total. The molecule has 0 radical (unpaired) electrons. The molecule has 0 unspecified atom stereocenters. The van der Waals surface area contributed by atoms with Crippen LogP contribution in [0, 0.1) is 11.3 Å². The van der Waals surface area contributed by atoms with Gasteiger partial charge in [-0.15, -0.1) is 0 Å². The number of phenolic OH excluding ortho intramolecular Hbond substituents is 1. The number of hydrogen-bond acceptors (Lipinski definition) is 5. The number of benzene rings is 1. The van der Waals surface area contributed by atoms with Gasteiger partial charge in [-0.2, -0.15) is 5.26 Å². The molecule has 0 saturated heterocycles. The number of anilines is 2. The number of aromatic hydroxyl groups is 1. The molecule has 0 aliphatic heterocycles. The Morgan fingerprint density at radius 2 is 2.10 bits per heavy atom. The van der Waals surface area contributed by atoms with Crippen LogP contribution in [-0.2, 0) is 4.79 Å². The molecule has 6 heteroatoms. The Labute approximate surface area is 121 Å². The van der Waals surface area contributed by atoms with Crippen LogP contribution in [0.2, 0.25) is 0 Å². The predicted molar refractivity (Wildman–Crippen MR) is 78.3 cm³/mol. The average molecular weight is 280 g/mol. The Morgan fingerprint density at radius 1 is 1.29 bits per heavy atom. The van der Waals surface area contributed by atoms with Crippen LogP contribution >= 0.6 is 0 Å². The van der Waals surface area contributed by atoms with E-state index >= 15 is 0 Å². The molecule has 2 rings (SSSR count). The van der Waals surface area contributed by atoms with Crippen LogP contribution in [0.3, 0.4) is 0 Å². The molecule has 0 bridgehead atoms. The number of nitrogens with one attached hydrogen (secondary N) is 2. The fourth-order valence-electron chi connectivity index (χ4n) is 1.52. The van der Waals surface area contributed by atoms with Gasteiger partial charge in [0.1, 0.15) is 17.4 Å². The number of pyridine rings is 1. The minimum atomic E-state index is -0.615. The van der Waals surface area contributed by atoms with Crippen molar-refractivity contribution in [2.45, 2.75) is 0 Å². The van der Waals surface area contributed by atoms with Gasteiger partial charge in [0, 0.05) is 12.4 Å². The molecule has 1 heterocycles. The Balaban J connectivity index is 2.09. The van der Waals surface area contributed by atoms with Crippen LogP contribution in [0.4, 0.5) is 11.4 Å².